The van der Waals surface area contributed by atoms with Gasteiger partial charge in [0.2, 0.25) is 5.78 Å². The molecule has 0 fully saturated rings. The zero-order valence-electron chi connectivity index (χ0n) is 9.48. The van der Waals surface area contributed by atoms with Gasteiger partial charge in [-0.1, -0.05) is 12.1 Å². The Hall–Kier alpha value is -2.69. The average molecular weight is 258 g/mol. The van der Waals surface area contributed by atoms with E-state index in [0.717, 1.165) is 12.1 Å². The number of carbonyl (C=O) groups excluding carboxylic acids is 2. The Bertz CT molecular complexity index is 749. The van der Waals surface area contributed by atoms with Gasteiger partial charge in [0, 0.05) is 5.56 Å². The number of carbonyl (C=O) groups is 2. The average Bonchev–Trinajstić information content (AvgIpc) is 2.38. The van der Waals surface area contributed by atoms with E-state index >= 15 is 0 Å². The lowest BCUT2D eigenvalue weighted by Crippen LogP contribution is -2.22. The first kappa shape index (κ1) is 11.4. The van der Waals surface area contributed by atoms with Gasteiger partial charge in [0.1, 0.15) is 17.3 Å². The van der Waals surface area contributed by atoms with Crippen molar-refractivity contribution in [1.82, 2.24) is 0 Å². The molecule has 4 nitrogen and oxygen atoms in total. The molecule has 0 atom stereocenters. The zero-order chi connectivity index (χ0) is 13.7. The third kappa shape index (κ3) is 1.38. The molecular formula is C14H7FO4. The minimum atomic E-state index is -0.903. The number of phenolic OH excluding ortho intramolecular Hbond substituents is 2. The second-order valence-electron chi connectivity index (χ2n) is 4.17. The first-order valence-corrected chi connectivity index (χ1v) is 5.45. The number of ketones is 2. The van der Waals surface area contributed by atoms with Crippen LogP contribution >= 0.6 is 0 Å². The van der Waals surface area contributed by atoms with Gasteiger partial charge in [-0.05, 0) is 18.2 Å². The van der Waals surface area contributed by atoms with Crippen LogP contribution in [0.25, 0.3) is 0 Å². The fraction of sp³-hybridized carbons (Fsp3) is 0. The molecule has 5 heteroatoms. The van der Waals surface area contributed by atoms with Crippen LogP contribution in [0, 0.1) is 5.82 Å². The van der Waals surface area contributed by atoms with E-state index in [-0.39, 0.29) is 22.4 Å². The molecule has 3 rings (SSSR count). The van der Waals surface area contributed by atoms with Crippen LogP contribution in [0.5, 0.6) is 11.5 Å². The van der Waals surface area contributed by atoms with E-state index in [9.17, 15) is 24.2 Å². The summed E-state index contributed by atoms with van der Waals surface area (Å²) in [6.07, 6.45) is 0. The van der Waals surface area contributed by atoms with Crippen LogP contribution in [0.15, 0.2) is 30.3 Å². The fourth-order valence-corrected chi connectivity index (χ4v) is 2.25. The number of halogens is 1. The van der Waals surface area contributed by atoms with Gasteiger partial charge in [-0.3, -0.25) is 9.59 Å². The highest BCUT2D eigenvalue weighted by Gasteiger charge is 2.36. The first-order valence-electron chi connectivity index (χ1n) is 5.45. The van der Waals surface area contributed by atoms with Gasteiger partial charge in [0.25, 0.3) is 0 Å². The molecule has 2 aromatic carbocycles. The normalized spacial score (nSPS) is 13.1. The van der Waals surface area contributed by atoms with Crippen molar-refractivity contribution in [2.75, 3.05) is 0 Å². The maximum Gasteiger partial charge on any atom is 0.201 e. The number of rotatable bonds is 0. The summed E-state index contributed by atoms with van der Waals surface area (Å²) in [5.74, 6) is -3.23. The van der Waals surface area contributed by atoms with Crippen LogP contribution in [0.4, 0.5) is 4.39 Å². The molecule has 19 heavy (non-hydrogen) atoms. The molecule has 0 amide bonds. The quantitative estimate of drug-likeness (QED) is 0.646. The van der Waals surface area contributed by atoms with E-state index < -0.39 is 28.7 Å². The molecular weight excluding hydrogens is 251 g/mol. The summed E-state index contributed by atoms with van der Waals surface area (Å²) in [7, 11) is 0. The third-order valence-corrected chi connectivity index (χ3v) is 3.10. The molecule has 0 spiro atoms. The number of hydrogen-bond acceptors (Lipinski definition) is 4. The van der Waals surface area contributed by atoms with E-state index in [4.69, 9.17) is 0 Å². The summed E-state index contributed by atoms with van der Waals surface area (Å²) in [5.41, 5.74) is -1.13. The van der Waals surface area contributed by atoms with Gasteiger partial charge in [-0.15, -0.1) is 0 Å². The highest BCUT2D eigenvalue weighted by molar-refractivity contribution is 6.30. The second-order valence-corrected chi connectivity index (χ2v) is 4.17. The molecule has 0 heterocycles. The Morgan fingerprint density at radius 3 is 2.21 bits per heavy atom. The largest absolute Gasteiger partial charge is 0.507 e. The molecule has 2 N–H and O–H groups in total. The topological polar surface area (TPSA) is 74.6 Å². The molecule has 94 valence electrons. The lowest BCUT2D eigenvalue weighted by Gasteiger charge is -2.19. The summed E-state index contributed by atoms with van der Waals surface area (Å²) in [4.78, 5) is 24.4. The molecule has 0 saturated heterocycles. The number of fused-ring (bicyclic) bond motifs is 2. The Morgan fingerprint density at radius 1 is 0.789 bits per heavy atom. The number of phenols is 2. The molecule has 0 saturated carbocycles. The van der Waals surface area contributed by atoms with E-state index in [0.29, 0.717) is 0 Å². The SMILES string of the molecule is O=C1c2cccc(O)c2C(=O)c2c(F)ccc(O)c21. The molecule has 0 aliphatic heterocycles. The van der Waals surface area contributed by atoms with Gasteiger partial charge in [0.05, 0.1) is 16.7 Å². The maximum atomic E-state index is 13.7. The highest BCUT2D eigenvalue weighted by Crippen LogP contribution is 2.37. The molecule has 1 aliphatic carbocycles. The standard InChI is InChI=1S/C14H7FO4/c15-7-4-5-9(17)12-11(7)14(19)10-6(13(12)18)2-1-3-8(10)16/h1-5,16-17H. The molecule has 0 aromatic heterocycles. The lowest BCUT2D eigenvalue weighted by atomic mass is 9.83. The van der Waals surface area contributed by atoms with E-state index in [1.807, 2.05) is 0 Å². The molecule has 0 bridgehead atoms. The van der Waals surface area contributed by atoms with Crippen LogP contribution in [0.3, 0.4) is 0 Å². The Balaban J connectivity index is 2.43. The van der Waals surface area contributed by atoms with E-state index in [2.05, 4.69) is 0 Å². The maximum absolute atomic E-state index is 13.7. The summed E-state index contributed by atoms with van der Waals surface area (Å²) >= 11 is 0. The van der Waals surface area contributed by atoms with Gasteiger partial charge < -0.3 is 10.2 Å². The van der Waals surface area contributed by atoms with Crippen molar-refractivity contribution in [3.05, 3.63) is 58.4 Å². The molecule has 0 unspecified atom stereocenters. The van der Waals surface area contributed by atoms with Gasteiger partial charge in [-0.2, -0.15) is 0 Å². The van der Waals surface area contributed by atoms with Crippen LogP contribution in [-0.4, -0.2) is 21.8 Å². The predicted molar refractivity (Wildman–Crippen MR) is 63.0 cm³/mol. The van der Waals surface area contributed by atoms with Crippen LogP contribution in [-0.2, 0) is 0 Å². The zero-order valence-corrected chi connectivity index (χ0v) is 9.48. The summed E-state index contributed by atoms with van der Waals surface area (Å²) < 4.78 is 13.7. The van der Waals surface area contributed by atoms with E-state index in [1.54, 1.807) is 0 Å². The Kier molecular flexibility index (Phi) is 2.19. The van der Waals surface area contributed by atoms with Crippen LogP contribution in [0.1, 0.15) is 31.8 Å². The lowest BCUT2D eigenvalue weighted by molar-refractivity contribution is 0.0970. The van der Waals surface area contributed by atoms with Crippen molar-refractivity contribution in [2.24, 2.45) is 0 Å². The fourth-order valence-electron chi connectivity index (χ4n) is 2.25. The number of benzene rings is 2. The van der Waals surface area contributed by atoms with Crippen molar-refractivity contribution in [1.29, 1.82) is 0 Å². The minimum absolute atomic E-state index is 0.0431. The van der Waals surface area contributed by atoms with E-state index in [1.165, 1.54) is 18.2 Å². The number of aromatic hydroxyl groups is 2. The van der Waals surface area contributed by atoms with Crippen molar-refractivity contribution >= 4 is 11.6 Å². The summed E-state index contributed by atoms with van der Waals surface area (Å²) in [6, 6.07) is 5.93. The minimum Gasteiger partial charge on any atom is -0.507 e. The van der Waals surface area contributed by atoms with Gasteiger partial charge in [-0.25, -0.2) is 4.39 Å². The van der Waals surface area contributed by atoms with Crippen molar-refractivity contribution < 1.29 is 24.2 Å². The third-order valence-electron chi connectivity index (χ3n) is 3.10. The highest BCUT2D eigenvalue weighted by atomic mass is 19.1. The number of hydrogen-bond donors (Lipinski definition) is 2. The van der Waals surface area contributed by atoms with Crippen LogP contribution in [0.2, 0.25) is 0 Å². The Labute approximate surface area is 106 Å². The second kappa shape index (κ2) is 3.65. The van der Waals surface area contributed by atoms with Crippen LogP contribution < -0.4 is 0 Å². The molecule has 2 aromatic rings. The summed E-state index contributed by atoms with van der Waals surface area (Å²) in [5, 5.41) is 19.3. The van der Waals surface area contributed by atoms with Crippen molar-refractivity contribution in [2.45, 2.75) is 0 Å². The molecule has 1 aliphatic rings. The van der Waals surface area contributed by atoms with Crippen molar-refractivity contribution in [3.63, 3.8) is 0 Å². The van der Waals surface area contributed by atoms with Gasteiger partial charge >= 0.3 is 0 Å². The Morgan fingerprint density at radius 2 is 1.47 bits per heavy atom. The monoisotopic (exact) mass is 258 g/mol. The first-order chi connectivity index (χ1) is 9.02. The predicted octanol–water partition coefficient (Wildman–Crippen LogP) is 2.01. The summed E-state index contributed by atoms with van der Waals surface area (Å²) in [6.45, 7) is 0. The van der Waals surface area contributed by atoms with Gasteiger partial charge in [0.15, 0.2) is 5.78 Å². The smallest absolute Gasteiger partial charge is 0.201 e. The molecule has 0 radical (unpaired) electrons. The van der Waals surface area contributed by atoms with Crippen molar-refractivity contribution in [3.8, 4) is 11.5 Å².